The maximum absolute atomic E-state index is 12.2. The lowest BCUT2D eigenvalue weighted by Crippen LogP contribution is -2.43. The first-order valence-electron chi connectivity index (χ1n) is 9.61. The maximum atomic E-state index is 12.2. The molecule has 0 aliphatic carbocycles. The highest BCUT2D eigenvalue weighted by molar-refractivity contribution is 6.31. The molecule has 0 aromatic heterocycles. The molecule has 0 fully saturated rings. The number of ether oxygens (including phenoxy) is 1. The number of aryl methyl sites for hydroxylation is 1. The van der Waals surface area contributed by atoms with Gasteiger partial charge in [-0.1, -0.05) is 58.4 Å². The molecule has 156 valence electrons. The first kappa shape index (κ1) is 22.8. The third-order valence-corrected chi connectivity index (χ3v) is 5.01. The summed E-state index contributed by atoms with van der Waals surface area (Å²) in [5.41, 5.74) is 8.20. The fourth-order valence-electron chi connectivity index (χ4n) is 2.75. The summed E-state index contributed by atoms with van der Waals surface area (Å²) < 4.78 is 5.67. The molecule has 2 aromatic rings. The van der Waals surface area contributed by atoms with E-state index < -0.39 is 5.91 Å². The number of rotatable bonds is 5. The molecule has 2 amide bonds. The molecule has 29 heavy (non-hydrogen) atoms. The normalized spacial score (nSPS) is 11.3. The Hall–Kier alpha value is -2.53. The first-order valence-corrected chi connectivity index (χ1v) is 9.99. The van der Waals surface area contributed by atoms with Crippen LogP contribution in [-0.2, 0) is 10.2 Å². The Morgan fingerprint density at radius 3 is 2.24 bits per heavy atom. The molecular formula is C23H29ClN2O3. The molecule has 0 aliphatic rings. The average molecular weight is 417 g/mol. The van der Waals surface area contributed by atoms with Crippen molar-refractivity contribution in [3.63, 3.8) is 0 Å². The van der Waals surface area contributed by atoms with Crippen molar-refractivity contribution < 1.29 is 14.3 Å². The van der Waals surface area contributed by atoms with Crippen molar-refractivity contribution in [1.29, 1.82) is 0 Å². The Morgan fingerprint density at radius 1 is 1.07 bits per heavy atom. The summed E-state index contributed by atoms with van der Waals surface area (Å²) in [4.78, 5) is 24.3. The van der Waals surface area contributed by atoms with E-state index >= 15 is 0 Å². The molecule has 0 saturated heterocycles. The number of halogens is 1. The van der Waals surface area contributed by atoms with Crippen LogP contribution in [0.1, 0.15) is 67.6 Å². The first-order chi connectivity index (χ1) is 13.5. The predicted octanol–water partition coefficient (Wildman–Crippen LogP) is 4.91. The van der Waals surface area contributed by atoms with Crippen LogP contribution >= 0.6 is 11.6 Å². The summed E-state index contributed by atoms with van der Waals surface area (Å²) in [5, 5.41) is 0.662. The summed E-state index contributed by atoms with van der Waals surface area (Å²) >= 11 is 6.19. The summed E-state index contributed by atoms with van der Waals surface area (Å²) in [6, 6.07) is 11.0. The van der Waals surface area contributed by atoms with Crippen molar-refractivity contribution in [2.45, 2.75) is 52.9 Å². The van der Waals surface area contributed by atoms with Crippen LogP contribution in [0.25, 0.3) is 0 Å². The quantitative estimate of drug-likeness (QED) is 0.680. The zero-order chi connectivity index (χ0) is 21.8. The standard InChI is InChI=1S/C23H29ClN2O3/c1-14(2)18-12-19(24)15(3)11-20(18)29-13-21(27)25-26-22(28)16-7-9-17(10-8-16)23(4,5)6/h7-12,14H,13H2,1-6H3,(H,25,27)(H,26,28). The van der Waals surface area contributed by atoms with Gasteiger partial charge in [-0.15, -0.1) is 0 Å². The van der Waals surface area contributed by atoms with Gasteiger partial charge in [0.05, 0.1) is 0 Å². The topological polar surface area (TPSA) is 67.4 Å². The molecule has 2 N–H and O–H groups in total. The highest BCUT2D eigenvalue weighted by Gasteiger charge is 2.15. The van der Waals surface area contributed by atoms with E-state index in [1.165, 1.54) is 0 Å². The monoisotopic (exact) mass is 416 g/mol. The van der Waals surface area contributed by atoms with E-state index in [9.17, 15) is 9.59 Å². The smallest absolute Gasteiger partial charge is 0.276 e. The van der Waals surface area contributed by atoms with Gasteiger partial charge in [0.25, 0.3) is 11.8 Å². The maximum Gasteiger partial charge on any atom is 0.276 e. The average Bonchev–Trinajstić information content (AvgIpc) is 2.65. The fraction of sp³-hybridized carbons (Fsp3) is 0.391. The van der Waals surface area contributed by atoms with Gasteiger partial charge in [0, 0.05) is 10.6 Å². The number of carbonyl (C=O) groups is 2. The van der Waals surface area contributed by atoms with E-state index in [-0.39, 0.29) is 23.8 Å². The molecule has 0 aliphatic heterocycles. The van der Waals surface area contributed by atoms with Gasteiger partial charge < -0.3 is 4.74 Å². The molecule has 2 aromatic carbocycles. The molecule has 6 heteroatoms. The highest BCUT2D eigenvalue weighted by Crippen LogP contribution is 2.32. The minimum Gasteiger partial charge on any atom is -0.483 e. The Balaban J connectivity index is 1.92. The Kier molecular flexibility index (Phi) is 7.31. The molecule has 0 radical (unpaired) electrons. The minimum absolute atomic E-state index is 0.00935. The van der Waals surface area contributed by atoms with E-state index in [1.54, 1.807) is 12.1 Å². The van der Waals surface area contributed by atoms with E-state index in [1.807, 2.05) is 45.0 Å². The Bertz CT molecular complexity index is 884. The van der Waals surface area contributed by atoms with Gasteiger partial charge in [0.1, 0.15) is 5.75 Å². The van der Waals surface area contributed by atoms with Crippen LogP contribution in [-0.4, -0.2) is 18.4 Å². The number of carbonyl (C=O) groups excluding carboxylic acids is 2. The molecule has 0 saturated carbocycles. The van der Waals surface area contributed by atoms with Crippen LogP contribution in [0.3, 0.4) is 0 Å². The molecule has 0 atom stereocenters. The van der Waals surface area contributed by atoms with Gasteiger partial charge in [0.15, 0.2) is 6.61 Å². The largest absolute Gasteiger partial charge is 0.483 e. The summed E-state index contributed by atoms with van der Waals surface area (Å²) in [6.45, 7) is 12.0. The van der Waals surface area contributed by atoms with E-state index in [0.29, 0.717) is 16.3 Å². The van der Waals surface area contributed by atoms with Gasteiger partial charge >= 0.3 is 0 Å². The molecule has 2 rings (SSSR count). The zero-order valence-corrected chi connectivity index (χ0v) is 18.6. The summed E-state index contributed by atoms with van der Waals surface area (Å²) in [7, 11) is 0. The SMILES string of the molecule is Cc1cc(OCC(=O)NNC(=O)c2ccc(C(C)(C)C)cc2)c(C(C)C)cc1Cl. The lowest BCUT2D eigenvalue weighted by Gasteiger charge is -2.19. The van der Waals surface area contributed by atoms with Gasteiger partial charge in [0.2, 0.25) is 0 Å². The van der Waals surface area contributed by atoms with E-state index in [4.69, 9.17) is 16.3 Å². The number of benzene rings is 2. The van der Waals surface area contributed by atoms with Crippen LogP contribution in [0.15, 0.2) is 36.4 Å². The van der Waals surface area contributed by atoms with Crippen LogP contribution in [0.4, 0.5) is 0 Å². The fourth-order valence-corrected chi connectivity index (χ4v) is 2.92. The van der Waals surface area contributed by atoms with Crippen molar-refractivity contribution in [2.24, 2.45) is 0 Å². The molecule has 0 spiro atoms. The number of hydrazine groups is 1. The van der Waals surface area contributed by atoms with Crippen LogP contribution in [0.5, 0.6) is 5.75 Å². The van der Waals surface area contributed by atoms with Crippen molar-refractivity contribution in [3.05, 3.63) is 63.7 Å². The molecule has 0 unspecified atom stereocenters. The highest BCUT2D eigenvalue weighted by atomic mass is 35.5. The second-order valence-electron chi connectivity index (χ2n) is 8.41. The molecule has 0 bridgehead atoms. The Morgan fingerprint density at radius 2 is 1.69 bits per heavy atom. The van der Waals surface area contributed by atoms with Crippen molar-refractivity contribution in [2.75, 3.05) is 6.61 Å². The molecule has 5 nitrogen and oxygen atoms in total. The molecular weight excluding hydrogens is 388 g/mol. The second-order valence-corrected chi connectivity index (χ2v) is 8.82. The van der Waals surface area contributed by atoms with Crippen molar-refractivity contribution >= 4 is 23.4 Å². The van der Waals surface area contributed by atoms with Crippen LogP contribution in [0, 0.1) is 6.92 Å². The third kappa shape index (κ3) is 6.23. The molecule has 0 heterocycles. The van der Waals surface area contributed by atoms with Crippen LogP contribution in [0.2, 0.25) is 5.02 Å². The number of hydrogen-bond acceptors (Lipinski definition) is 3. The van der Waals surface area contributed by atoms with Gasteiger partial charge in [-0.2, -0.15) is 0 Å². The number of nitrogens with one attached hydrogen (secondary N) is 2. The van der Waals surface area contributed by atoms with Gasteiger partial charge in [-0.05, 0) is 59.2 Å². The number of amides is 2. The van der Waals surface area contributed by atoms with Crippen molar-refractivity contribution in [1.82, 2.24) is 10.9 Å². The van der Waals surface area contributed by atoms with E-state index in [2.05, 4.69) is 31.6 Å². The lowest BCUT2D eigenvalue weighted by molar-refractivity contribution is -0.123. The minimum atomic E-state index is -0.452. The summed E-state index contributed by atoms with van der Waals surface area (Å²) in [6.07, 6.45) is 0. The summed E-state index contributed by atoms with van der Waals surface area (Å²) in [5.74, 6) is -0.0286. The lowest BCUT2D eigenvalue weighted by atomic mass is 9.87. The zero-order valence-electron chi connectivity index (χ0n) is 17.9. The third-order valence-electron chi connectivity index (χ3n) is 4.60. The van der Waals surface area contributed by atoms with Gasteiger partial charge in [-0.25, -0.2) is 0 Å². The number of hydrogen-bond donors (Lipinski definition) is 2. The Labute approximate surface area is 177 Å². The van der Waals surface area contributed by atoms with Gasteiger partial charge in [-0.3, -0.25) is 20.4 Å². The van der Waals surface area contributed by atoms with E-state index in [0.717, 1.165) is 16.7 Å². The van der Waals surface area contributed by atoms with Crippen LogP contribution < -0.4 is 15.6 Å². The van der Waals surface area contributed by atoms with Crippen molar-refractivity contribution in [3.8, 4) is 5.75 Å². The predicted molar refractivity (Wildman–Crippen MR) is 117 cm³/mol. The second kappa shape index (κ2) is 9.31.